The fourth-order valence-corrected chi connectivity index (χ4v) is 3.28. The van der Waals surface area contributed by atoms with E-state index in [0.29, 0.717) is 12.6 Å². The first kappa shape index (κ1) is 15.0. The van der Waals surface area contributed by atoms with Gasteiger partial charge in [0.25, 0.3) is 11.8 Å². The van der Waals surface area contributed by atoms with Crippen LogP contribution in [0.3, 0.4) is 0 Å². The van der Waals surface area contributed by atoms with E-state index in [1.807, 2.05) is 19.9 Å². The summed E-state index contributed by atoms with van der Waals surface area (Å²) >= 11 is 5.03. The summed E-state index contributed by atoms with van der Waals surface area (Å²) in [5.74, 6) is -0.747. The molecule has 0 spiro atoms. The third kappa shape index (κ3) is 2.37. The van der Waals surface area contributed by atoms with Crippen molar-refractivity contribution in [2.45, 2.75) is 39.7 Å². The van der Waals surface area contributed by atoms with Crippen LogP contribution in [0.4, 0.5) is 0 Å². The molecule has 2 aliphatic rings. The summed E-state index contributed by atoms with van der Waals surface area (Å²) in [7, 11) is 0. The molecule has 2 amide bonds. The first-order valence-corrected chi connectivity index (χ1v) is 7.92. The molecule has 1 aliphatic heterocycles. The van der Waals surface area contributed by atoms with Gasteiger partial charge < -0.3 is 4.57 Å². The van der Waals surface area contributed by atoms with Crippen LogP contribution in [0, 0.1) is 13.8 Å². The molecule has 0 radical (unpaired) electrons. The molecule has 1 aromatic heterocycles. The van der Waals surface area contributed by atoms with Gasteiger partial charge in [0.05, 0.1) is 0 Å². The number of hydrogen-bond donors (Lipinski definition) is 1. The fraction of sp³-hybridized carbons (Fsp3) is 0.438. The van der Waals surface area contributed by atoms with Crippen molar-refractivity contribution in [1.82, 2.24) is 14.8 Å². The van der Waals surface area contributed by atoms with Crippen molar-refractivity contribution in [1.29, 1.82) is 0 Å². The molecule has 1 aliphatic carbocycles. The fourth-order valence-electron chi connectivity index (χ4n) is 2.98. The SMILES string of the molecule is CCN1C(=O)/C(=C\c2cc(C)n(C3CC3)c2C)C(=O)NC1=S. The number of aromatic nitrogens is 1. The zero-order valence-electron chi connectivity index (χ0n) is 13.0. The van der Waals surface area contributed by atoms with E-state index in [2.05, 4.69) is 16.8 Å². The summed E-state index contributed by atoms with van der Waals surface area (Å²) in [5, 5.41) is 2.76. The molecule has 0 atom stereocenters. The zero-order valence-corrected chi connectivity index (χ0v) is 13.8. The first-order valence-electron chi connectivity index (χ1n) is 7.51. The highest BCUT2D eigenvalue weighted by Crippen LogP contribution is 2.38. The minimum absolute atomic E-state index is 0.145. The van der Waals surface area contributed by atoms with Gasteiger partial charge in [0.1, 0.15) is 5.57 Å². The Bertz CT molecular complexity index is 713. The summed E-state index contributed by atoms with van der Waals surface area (Å²) in [6.45, 7) is 6.36. The van der Waals surface area contributed by atoms with Gasteiger partial charge in [-0.05, 0) is 63.5 Å². The Morgan fingerprint density at radius 1 is 1.36 bits per heavy atom. The van der Waals surface area contributed by atoms with Crippen molar-refractivity contribution < 1.29 is 9.59 Å². The molecule has 1 saturated carbocycles. The maximum atomic E-state index is 12.4. The molecular formula is C16H19N3O2S. The van der Waals surface area contributed by atoms with Gasteiger partial charge in [-0.15, -0.1) is 0 Å². The molecule has 2 fully saturated rings. The molecule has 1 N–H and O–H groups in total. The smallest absolute Gasteiger partial charge is 0.265 e. The van der Waals surface area contributed by atoms with Crippen molar-refractivity contribution in [2.24, 2.45) is 0 Å². The molecule has 2 heterocycles. The Labute approximate surface area is 135 Å². The van der Waals surface area contributed by atoms with Crippen LogP contribution in [-0.4, -0.2) is 32.9 Å². The highest BCUT2D eigenvalue weighted by atomic mass is 32.1. The van der Waals surface area contributed by atoms with E-state index in [0.717, 1.165) is 11.3 Å². The number of rotatable bonds is 3. The van der Waals surface area contributed by atoms with E-state index in [-0.39, 0.29) is 16.6 Å². The summed E-state index contributed by atoms with van der Waals surface area (Å²) in [6.07, 6.45) is 4.08. The number of carbonyl (C=O) groups excluding carboxylic acids is 2. The number of nitrogens with zero attached hydrogens (tertiary/aromatic N) is 2. The highest BCUT2D eigenvalue weighted by Gasteiger charge is 2.33. The quantitative estimate of drug-likeness (QED) is 0.528. The molecule has 22 heavy (non-hydrogen) atoms. The molecule has 0 bridgehead atoms. The lowest BCUT2D eigenvalue weighted by atomic mass is 10.1. The second-order valence-electron chi connectivity index (χ2n) is 5.79. The average molecular weight is 317 g/mol. The lowest BCUT2D eigenvalue weighted by Gasteiger charge is -2.27. The Balaban J connectivity index is 2.00. The lowest BCUT2D eigenvalue weighted by molar-refractivity contribution is -0.128. The van der Waals surface area contributed by atoms with Crippen LogP contribution in [0.25, 0.3) is 6.08 Å². The maximum Gasteiger partial charge on any atom is 0.265 e. The van der Waals surface area contributed by atoms with Crippen LogP contribution in [0.1, 0.15) is 42.8 Å². The highest BCUT2D eigenvalue weighted by molar-refractivity contribution is 7.80. The van der Waals surface area contributed by atoms with E-state index < -0.39 is 5.91 Å². The van der Waals surface area contributed by atoms with Gasteiger partial charge in [0.15, 0.2) is 5.11 Å². The van der Waals surface area contributed by atoms with Crippen molar-refractivity contribution in [3.8, 4) is 0 Å². The standard InChI is InChI=1S/C16H19N3O2S/c1-4-18-15(21)13(14(20)17-16(18)22)8-11-7-9(2)19(10(11)3)12-5-6-12/h7-8,12H,4-6H2,1-3H3,(H,17,20,22)/b13-8-. The van der Waals surface area contributed by atoms with Gasteiger partial charge >= 0.3 is 0 Å². The molecule has 6 heteroatoms. The minimum atomic E-state index is -0.420. The Morgan fingerprint density at radius 2 is 2.05 bits per heavy atom. The van der Waals surface area contributed by atoms with Crippen LogP contribution < -0.4 is 5.32 Å². The molecule has 3 rings (SSSR count). The van der Waals surface area contributed by atoms with E-state index in [9.17, 15) is 9.59 Å². The number of amides is 2. The monoisotopic (exact) mass is 317 g/mol. The average Bonchev–Trinajstić information content (AvgIpc) is 3.23. The third-order valence-electron chi connectivity index (χ3n) is 4.24. The summed E-state index contributed by atoms with van der Waals surface area (Å²) in [5.41, 5.74) is 3.33. The minimum Gasteiger partial charge on any atom is -0.346 e. The van der Waals surface area contributed by atoms with Crippen molar-refractivity contribution in [3.63, 3.8) is 0 Å². The van der Waals surface area contributed by atoms with Crippen LogP contribution in [-0.2, 0) is 9.59 Å². The molecule has 0 unspecified atom stereocenters. The van der Waals surface area contributed by atoms with Crippen molar-refractivity contribution in [3.05, 3.63) is 28.6 Å². The Hall–Kier alpha value is -1.95. The summed E-state index contributed by atoms with van der Waals surface area (Å²) < 4.78 is 2.29. The van der Waals surface area contributed by atoms with Gasteiger partial charge in [0.2, 0.25) is 0 Å². The Kier molecular flexibility index (Phi) is 3.64. The molecule has 1 aromatic rings. The number of likely N-dealkylation sites (N-methyl/N-ethyl adjacent to an activating group) is 1. The second kappa shape index (κ2) is 5.35. The number of thiocarbonyl (C=S) groups is 1. The predicted octanol–water partition coefficient (Wildman–Crippen LogP) is 2.09. The maximum absolute atomic E-state index is 12.4. The van der Waals surface area contributed by atoms with Gasteiger partial charge in [0, 0.05) is 24.0 Å². The largest absolute Gasteiger partial charge is 0.346 e. The lowest BCUT2D eigenvalue weighted by Crippen LogP contribution is -2.53. The van der Waals surface area contributed by atoms with E-state index in [4.69, 9.17) is 12.2 Å². The number of hydrogen-bond acceptors (Lipinski definition) is 3. The number of aryl methyl sites for hydroxylation is 1. The van der Waals surface area contributed by atoms with Gasteiger partial charge in [-0.3, -0.25) is 19.8 Å². The second-order valence-corrected chi connectivity index (χ2v) is 6.18. The van der Waals surface area contributed by atoms with Crippen LogP contribution in [0.5, 0.6) is 0 Å². The van der Waals surface area contributed by atoms with Gasteiger partial charge in [-0.25, -0.2) is 0 Å². The van der Waals surface area contributed by atoms with Gasteiger partial charge in [-0.2, -0.15) is 0 Å². The molecular weight excluding hydrogens is 298 g/mol. The predicted molar refractivity (Wildman–Crippen MR) is 88.3 cm³/mol. The van der Waals surface area contributed by atoms with Crippen LogP contribution in [0.2, 0.25) is 0 Å². The van der Waals surface area contributed by atoms with Crippen molar-refractivity contribution in [2.75, 3.05) is 6.54 Å². The first-order chi connectivity index (χ1) is 10.4. The molecule has 0 aromatic carbocycles. The molecule has 5 nitrogen and oxygen atoms in total. The molecule has 1 saturated heterocycles. The van der Waals surface area contributed by atoms with Crippen LogP contribution >= 0.6 is 12.2 Å². The third-order valence-corrected chi connectivity index (χ3v) is 4.56. The molecule has 116 valence electrons. The van der Waals surface area contributed by atoms with Crippen LogP contribution in [0.15, 0.2) is 11.6 Å². The Morgan fingerprint density at radius 3 is 2.64 bits per heavy atom. The zero-order chi connectivity index (χ0) is 16.0. The summed E-state index contributed by atoms with van der Waals surface area (Å²) in [6, 6.07) is 2.60. The van der Waals surface area contributed by atoms with E-state index in [1.54, 1.807) is 6.08 Å². The van der Waals surface area contributed by atoms with E-state index in [1.165, 1.54) is 23.4 Å². The number of carbonyl (C=O) groups is 2. The topological polar surface area (TPSA) is 54.3 Å². The van der Waals surface area contributed by atoms with Crippen molar-refractivity contribution >= 4 is 35.2 Å². The summed E-state index contributed by atoms with van der Waals surface area (Å²) in [4.78, 5) is 25.9. The van der Waals surface area contributed by atoms with E-state index >= 15 is 0 Å². The normalized spacial score (nSPS) is 20.8. The van der Waals surface area contributed by atoms with Gasteiger partial charge in [-0.1, -0.05) is 0 Å². The number of nitrogens with one attached hydrogen (secondary N) is 1.